The maximum Gasteiger partial charge on any atom is 0.308 e. The molecule has 2 heterocycles. The summed E-state index contributed by atoms with van der Waals surface area (Å²) in [5, 5.41) is 10.1. The van der Waals surface area contributed by atoms with Gasteiger partial charge in [0, 0.05) is 23.5 Å². The summed E-state index contributed by atoms with van der Waals surface area (Å²) in [7, 11) is 0. The number of amides is 1. The lowest BCUT2D eigenvalue weighted by Crippen LogP contribution is -2.42. The number of benzene rings is 1. The Kier molecular flexibility index (Phi) is 5.18. The summed E-state index contributed by atoms with van der Waals surface area (Å²) >= 11 is 1.54. The van der Waals surface area contributed by atoms with Crippen LogP contribution < -0.4 is 0 Å². The number of aryl methyl sites for hydroxylation is 2. The molecule has 0 saturated carbocycles. The predicted octanol–water partition coefficient (Wildman–Crippen LogP) is 3.29. The molecule has 1 fully saturated rings. The Morgan fingerprint density at radius 1 is 1.28 bits per heavy atom. The summed E-state index contributed by atoms with van der Waals surface area (Å²) in [5.41, 5.74) is 3.06. The van der Waals surface area contributed by atoms with Gasteiger partial charge in [0.2, 0.25) is 5.91 Å². The van der Waals surface area contributed by atoms with Crippen LogP contribution in [-0.2, 0) is 16.0 Å². The molecule has 132 valence electrons. The quantitative estimate of drug-likeness (QED) is 0.910. The van der Waals surface area contributed by atoms with Gasteiger partial charge in [-0.15, -0.1) is 11.3 Å². The Bertz CT molecular complexity index is 782. The molecule has 0 aliphatic carbocycles. The standard InChI is InChI=1S/C19H22N2O3S/c1-12-5-7-14(8-6-12)18-16(25-13(2)20-18)10-17(22)21-9-3-4-15(11-21)19(23)24/h5-8,15H,3-4,9-11H2,1-2H3,(H,23,24)/t15-/m0/s1. The van der Waals surface area contributed by atoms with E-state index in [4.69, 9.17) is 0 Å². The molecule has 5 nitrogen and oxygen atoms in total. The van der Waals surface area contributed by atoms with Crippen LogP contribution in [0.25, 0.3) is 11.3 Å². The van der Waals surface area contributed by atoms with Crippen molar-refractivity contribution < 1.29 is 14.7 Å². The molecular weight excluding hydrogens is 336 g/mol. The highest BCUT2D eigenvalue weighted by Gasteiger charge is 2.28. The lowest BCUT2D eigenvalue weighted by Gasteiger charge is -2.30. The second kappa shape index (κ2) is 7.35. The van der Waals surface area contributed by atoms with Crippen molar-refractivity contribution in [1.82, 2.24) is 9.88 Å². The first-order valence-corrected chi connectivity index (χ1v) is 9.29. The normalized spacial score (nSPS) is 17.5. The van der Waals surface area contributed by atoms with Crippen LogP contribution in [0.4, 0.5) is 0 Å². The van der Waals surface area contributed by atoms with Gasteiger partial charge >= 0.3 is 5.97 Å². The van der Waals surface area contributed by atoms with Crippen molar-refractivity contribution in [2.24, 2.45) is 5.92 Å². The molecule has 25 heavy (non-hydrogen) atoms. The van der Waals surface area contributed by atoms with E-state index in [1.165, 1.54) is 16.9 Å². The van der Waals surface area contributed by atoms with Crippen LogP contribution in [0.15, 0.2) is 24.3 Å². The number of carboxylic acids is 1. The number of carboxylic acid groups (broad SMARTS) is 1. The van der Waals surface area contributed by atoms with Gasteiger partial charge in [-0.05, 0) is 26.7 Å². The van der Waals surface area contributed by atoms with Crippen molar-refractivity contribution in [2.75, 3.05) is 13.1 Å². The molecule has 1 N–H and O–H groups in total. The number of carbonyl (C=O) groups excluding carboxylic acids is 1. The molecule has 1 aromatic carbocycles. The monoisotopic (exact) mass is 358 g/mol. The lowest BCUT2D eigenvalue weighted by atomic mass is 9.98. The summed E-state index contributed by atoms with van der Waals surface area (Å²) in [6, 6.07) is 8.13. The number of rotatable bonds is 4. The van der Waals surface area contributed by atoms with Gasteiger partial charge in [-0.1, -0.05) is 29.8 Å². The van der Waals surface area contributed by atoms with Crippen LogP contribution in [0.3, 0.4) is 0 Å². The van der Waals surface area contributed by atoms with E-state index in [1.54, 1.807) is 4.90 Å². The third-order valence-corrected chi connectivity index (χ3v) is 5.54. The summed E-state index contributed by atoms with van der Waals surface area (Å²) < 4.78 is 0. The van der Waals surface area contributed by atoms with E-state index in [0.29, 0.717) is 19.5 Å². The van der Waals surface area contributed by atoms with Crippen molar-refractivity contribution >= 4 is 23.2 Å². The highest BCUT2D eigenvalue weighted by atomic mass is 32.1. The van der Waals surface area contributed by atoms with Gasteiger partial charge in [0.1, 0.15) is 0 Å². The third kappa shape index (κ3) is 4.07. The SMILES string of the molecule is Cc1ccc(-c2nc(C)sc2CC(=O)N2CCC[C@H](C(=O)O)C2)cc1. The van der Waals surface area contributed by atoms with E-state index < -0.39 is 11.9 Å². The van der Waals surface area contributed by atoms with Gasteiger partial charge < -0.3 is 10.0 Å². The van der Waals surface area contributed by atoms with Crippen LogP contribution in [0, 0.1) is 19.8 Å². The molecule has 1 aliphatic heterocycles. The topological polar surface area (TPSA) is 70.5 Å². The second-order valence-corrected chi connectivity index (χ2v) is 7.85. The van der Waals surface area contributed by atoms with E-state index in [0.717, 1.165) is 27.6 Å². The molecule has 1 atom stereocenters. The zero-order valence-electron chi connectivity index (χ0n) is 14.5. The number of carbonyl (C=O) groups is 2. The van der Waals surface area contributed by atoms with Crippen LogP contribution >= 0.6 is 11.3 Å². The van der Waals surface area contributed by atoms with E-state index in [9.17, 15) is 14.7 Å². The molecule has 1 amide bonds. The van der Waals surface area contributed by atoms with Crippen molar-refractivity contribution in [3.8, 4) is 11.3 Å². The van der Waals surface area contributed by atoms with Crippen LogP contribution in [0.1, 0.15) is 28.3 Å². The maximum absolute atomic E-state index is 12.7. The fourth-order valence-corrected chi connectivity index (χ4v) is 4.13. The molecule has 1 aliphatic rings. The Labute approximate surface area is 151 Å². The molecule has 3 rings (SSSR count). The molecular formula is C19H22N2O3S. The van der Waals surface area contributed by atoms with Crippen LogP contribution in [-0.4, -0.2) is 40.0 Å². The lowest BCUT2D eigenvalue weighted by molar-refractivity contribution is -0.145. The Balaban J connectivity index is 1.77. The first kappa shape index (κ1) is 17.6. The predicted molar refractivity (Wildman–Crippen MR) is 97.7 cm³/mol. The molecule has 0 spiro atoms. The molecule has 0 bridgehead atoms. The zero-order valence-corrected chi connectivity index (χ0v) is 15.3. The minimum Gasteiger partial charge on any atom is -0.481 e. The van der Waals surface area contributed by atoms with Crippen molar-refractivity contribution in [3.63, 3.8) is 0 Å². The molecule has 1 saturated heterocycles. The number of aliphatic carboxylic acids is 1. The number of piperidine rings is 1. The maximum atomic E-state index is 12.7. The Morgan fingerprint density at radius 3 is 2.68 bits per heavy atom. The average molecular weight is 358 g/mol. The van der Waals surface area contributed by atoms with Crippen molar-refractivity contribution in [2.45, 2.75) is 33.1 Å². The zero-order chi connectivity index (χ0) is 18.0. The van der Waals surface area contributed by atoms with E-state index >= 15 is 0 Å². The van der Waals surface area contributed by atoms with Gasteiger partial charge in [-0.2, -0.15) is 0 Å². The fourth-order valence-electron chi connectivity index (χ4n) is 3.18. The van der Waals surface area contributed by atoms with Gasteiger partial charge in [-0.25, -0.2) is 4.98 Å². The molecule has 1 aromatic heterocycles. The summed E-state index contributed by atoms with van der Waals surface area (Å²) in [4.78, 5) is 31.1. The minimum absolute atomic E-state index is 0.0111. The van der Waals surface area contributed by atoms with Crippen LogP contribution in [0.5, 0.6) is 0 Å². The molecule has 2 aromatic rings. The summed E-state index contributed by atoms with van der Waals surface area (Å²) in [6.07, 6.45) is 1.67. The van der Waals surface area contributed by atoms with Crippen molar-refractivity contribution in [3.05, 3.63) is 39.7 Å². The summed E-state index contributed by atoms with van der Waals surface area (Å²) in [6.45, 7) is 4.93. The van der Waals surface area contributed by atoms with E-state index in [-0.39, 0.29) is 12.3 Å². The highest BCUT2D eigenvalue weighted by molar-refractivity contribution is 7.12. The second-order valence-electron chi connectivity index (χ2n) is 6.56. The number of nitrogens with zero attached hydrogens (tertiary/aromatic N) is 2. The number of hydrogen-bond donors (Lipinski definition) is 1. The first-order chi connectivity index (χ1) is 11.9. The number of aromatic nitrogens is 1. The summed E-state index contributed by atoms with van der Waals surface area (Å²) in [5.74, 6) is -1.27. The van der Waals surface area contributed by atoms with Crippen molar-refractivity contribution in [1.29, 1.82) is 0 Å². The Morgan fingerprint density at radius 2 is 2.00 bits per heavy atom. The van der Waals surface area contributed by atoms with Gasteiger partial charge in [0.25, 0.3) is 0 Å². The molecule has 6 heteroatoms. The van der Waals surface area contributed by atoms with Gasteiger partial charge in [0.05, 0.1) is 23.0 Å². The van der Waals surface area contributed by atoms with E-state index in [1.807, 2.05) is 38.1 Å². The molecule has 0 unspecified atom stereocenters. The smallest absolute Gasteiger partial charge is 0.308 e. The fraction of sp³-hybridized carbons (Fsp3) is 0.421. The minimum atomic E-state index is -0.813. The van der Waals surface area contributed by atoms with Crippen LogP contribution in [0.2, 0.25) is 0 Å². The number of thiazole rings is 1. The number of hydrogen-bond acceptors (Lipinski definition) is 4. The molecule has 0 radical (unpaired) electrons. The first-order valence-electron chi connectivity index (χ1n) is 8.48. The highest BCUT2D eigenvalue weighted by Crippen LogP contribution is 2.29. The van der Waals surface area contributed by atoms with Gasteiger partial charge in [-0.3, -0.25) is 9.59 Å². The van der Waals surface area contributed by atoms with E-state index in [2.05, 4.69) is 4.98 Å². The Hall–Kier alpha value is -2.21. The largest absolute Gasteiger partial charge is 0.481 e. The third-order valence-electron chi connectivity index (χ3n) is 4.56. The van der Waals surface area contributed by atoms with Gasteiger partial charge in [0.15, 0.2) is 0 Å². The number of likely N-dealkylation sites (tertiary alicyclic amines) is 1. The average Bonchev–Trinajstić information content (AvgIpc) is 2.96.